The molecule has 2 heterocycles. The zero-order chi connectivity index (χ0) is 34.0. The highest BCUT2D eigenvalue weighted by Gasteiger charge is 2.80. The molecule has 6 aromatic rings. The van der Waals surface area contributed by atoms with Gasteiger partial charge in [0.25, 0.3) is 0 Å². The van der Waals surface area contributed by atoms with Crippen molar-refractivity contribution >= 4 is 50.6 Å². The summed E-state index contributed by atoms with van der Waals surface area (Å²) in [6.45, 7) is 2.90. The van der Waals surface area contributed by atoms with E-state index < -0.39 is 34.9 Å². The average molecular weight is 691 g/mol. The topological polar surface area (TPSA) is 26.3 Å². The van der Waals surface area contributed by atoms with Gasteiger partial charge in [-0.15, -0.1) is 22.7 Å². The van der Waals surface area contributed by atoms with Crippen LogP contribution in [-0.2, 0) is 0 Å². The number of fused-ring (bicyclic) bond motifs is 1. The fourth-order valence-corrected chi connectivity index (χ4v) is 8.10. The molecule has 0 spiro atoms. The lowest BCUT2D eigenvalue weighted by atomic mass is 9.94. The van der Waals surface area contributed by atoms with Crippen LogP contribution in [0.2, 0.25) is 0 Å². The zero-order valence-electron chi connectivity index (χ0n) is 25.3. The van der Waals surface area contributed by atoms with E-state index in [1.165, 1.54) is 38.1 Å². The van der Waals surface area contributed by atoms with Crippen molar-refractivity contribution in [3.63, 3.8) is 0 Å². The number of alkyl halides is 6. The molecule has 0 saturated carbocycles. The molecule has 0 saturated heterocycles. The summed E-state index contributed by atoms with van der Waals surface area (Å²) in [5, 5.41) is 1.60. The summed E-state index contributed by atoms with van der Waals surface area (Å²) < 4.78 is 98.2. The van der Waals surface area contributed by atoms with Gasteiger partial charge in [0.05, 0.1) is 5.56 Å². The monoisotopic (exact) mass is 690 g/mol. The quantitative estimate of drug-likeness (QED) is 0.0988. The van der Waals surface area contributed by atoms with Crippen LogP contribution in [-0.4, -0.2) is 23.7 Å². The first-order chi connectivity index (χ1) is 22.8. The fourth-order valence-electron chi connectivity index (χ4n) is 6.03. The van der Waals surface area contributed by atoms with Crippen molar-refractivity contribution in [2.24, 2.45) is 0 Å². The minimum absolute atomic E-state index is 0.174. The predicted molar refractivity (Wildman–Crippen MR) is 180 cm³/mol. The molecule has 48 heavy (non-hydrogen) atoms. The Kier molecular flexibility index (Phi) is 7.64. The van der Waals surface area contributed by atoms with Crippen molar-refractivity contribution in [2.45, 2.75) is 31.6 Å². The standard InChI is InChI=1S/C38H24F6O2S2/c1-21-29(19-31(47-21)24-10-4-3-5-11-24)33-34(37(41,42)38(43,44)36(33,39)40)30-20-32(48-22(30)2)25-15-17-26(18-16-25)46-35(45)28-14-8-12-23-9-6-7-13-27(23)28/h3-20H,1-2H3. The lowest BCUT2D eigenvalue weighted by Gasteiger charge is -2.25. The molecule has 0 atom stereocenters. The molecule has 1 aliphatic carbocycles. The highest BCUT2D eigenvalue weighted by atomic mass is 32.1. The van der Waals surface area contributed by atoms with Crippen molar-refractivity contribution in [1.29, 1.82) is 0 Å². The number of carbonyl (C=O) groups is 1. The number of thiophene rings is 2. The Labute approximate surface area is 279 Å². The maximum absolute atomic E-state index is 15.6. The number of rotatable bonds is 6. The highest BCUT2D eigenvalue weighted by molar-refractivity contribution is 7.16. The Bertz CT molecular complexity index is 2230. The summed E-state index contributed by atoms with van der Waals surface area (Å²) >= 11 is 2.09. The van der Waals surface area contributed by atoms with Crippen molar-refractivity contribution < 1.29 is 35.9 Å². The summed E-state index contributed by atoms with van der Waals surface area (Å²) in [7, 11) is 0. The molecule has 2 aromatic heterocycles. The molecule has 0 aliphatic heterocycles. The lowest BCUT2D eigenvalue weighted by Crippen LogP contribution is -2.48. The van der Waals surface area contributed by atoms with E-state index in [0.717, 1.165) is 33.4 Å². The number of ether oxygens (including phenoxy) is 1. The summed E-state index contributed by atoms with van der Waals surface area (Å²) in [5.74, 6) is -16.3. The SMILES string of the molecule is Cc1sc(-c2ccccc2)cc1C1=C(c2cc(-c3ccc(OC(=O)c4cccc5ccccc45)cc3)sc2C)C(F)(F)C(F)(F)C1(F)F. The second kappa shape index (κ2) is 11.5. The van der Waals surface area contributed by atoms with Gasteiger partial charge in [0.15, 0.2) is 0 Å². The normalized spacial score (nSPS) is 16.4. The molecule has 242 valence electrons. The molecule has 0 fully saturated rings. The molecule has 0 unspecified atom stereocenters. The first-order valence-electron chi connectivity index (χ1n) is 14.8. The first-order valence-corrected chi connectivity index (χ1v) is 16.4. The van der Waals surface area contributed by atoms with E-state index in [1.807, 2.05) is 30.3 Å². The largest absolute Gasteiger partial charge is 0.423 e. The van der Waals surface area contributed by atoms with Crippen LogP contribution < -0.4 is 4.74 Å². The Balaban J connectivity index is 1.26. The van der Waals surface area contributed by atoms with E-state index in [4.69, 9.17) is 4.74 Å². The van der Waals surface area contributed by atoms with Gasteiger partial charge in [-0.3, -0.25) is 0 Å². The van der Waals surface area contributed by atoms with Crippen LogP contribution in [0.4, 0.5) is 26.3 Å². The van der Waals surface area contributed by atoms with Crippen molar-refractivity contribution in [1.82, 2.24) is 0 Å². The van der Waals surface area contributed by atoms with Gasteiger partial charge >= 0.3 is 23.7 Å². The van der Waals surface area contributed by atoms with Gasteiger partial charge in [-0.2, -0.15) is 26.3 Å². The minimum atomic E-state index is -5.66. The molecule has 4 aromatic carbocycles. The average Bonchev–Trinajstić information content (AvgIpc) is 3.67. The highest BCUT2D eigenvalue weighted by Crippen LogP contribution is 2.66. The van der Waals surface area contributed by atoms with Crippen LogP contribution in [0.1, 0.15) is 31.2 Å². The Morgan fingerprint density at radius 3 is 1.69 bits per heavy atom. The number of hydrogen-bond acceptors (Lipinski definition) is 4. The summed E-state index contributed by atoms with van der Waals surface area (Å²) in [6.07, 6.45) is 0. The van der Waals surface area contributed by atoms with Crippen LogP contribution in [0.3, 0.4) is 0 Å². The molecule has 0 radical (unpaired) electrons. The van der Waals surface area contributed by atoms with Gasteiger partial charge in [0, 0.05) is 30.7 Å². The van der Waals surface area contributed by atoms with Crippen LogP contribution >= 0.6 is 22.7 Å². The van der Waals surface area contributed by atoms with Gasteiger partial charge < -0.3 is 4.74 Å². The van der Waals surface area contributed by atoms with Gasteiger partial charge in [0.1, 0.15) is 5.75 Å². The molecular weight excluding hydrogens is 667 g/mol. The van der Waals surface area contributed by atoms with Crippen LogP contribution in [0.5, 0.6) is 5.75 Å². The Morgan fingerprint density at radius 1 is 0.604 bits per heavy atom. The minimum Gasteiger partial charge on any atom is -0.423 e. The van der Waals surface area contributed by atoms with Gasteiger partial charge in [0.2, 0.25) is 0 Å². The summed E-state index contributed by atoms with van der Waals surface area (Å²) in [6, 6.07) is 30.1. The van der Waals surface area contributed by atoms with E-state index in [-0.39, 0.29) is 26.6 Å². The number of hydrogen-bond donors (Lipinski definition) is 0. The Morgan fingerprint density at radius 2 is 1.10 bits per heavy atom. The van der Waals surface area contributed by atoms with Crippen molar-refractivity contribution in [3.05, 3.63) is 136 Å². The molecule has 0 amide bonds. The number of carbonyl (C=O) groups excluding carboxylic acids is 1. The van der Waals surface area contributed by atoms with Crippen LogP contribution in [0.25, 0.3) is 42.8 Å². The van der Waals surface area contributed by atoms with E-state index in [0.29, 0.717) is 26.4 Å². The smallest absolute Gasteiger partial charge is 0.380 e. The van der Waals surface area contributed by atoms with Gasteiger partial charge in [-0.05, 0) is 89.3 Å². The van der Waals surface area contributed by atoms with Gasteiger partial charge in [-0.25, -0.2) is 4.79 Å². The molecule has 0 N–H and O–H groups in total. The summed E-state index contributed by atoms with van der Waals surface area (Å²) in [4.78, 5) is 14.3. The summed E-state index contributed by atoms with van der Waals surface area (Å²) in [5.41, 5.74) is -1.92. The molecular formula is C38H24F6O2S2. The molecule has 0 bridgehead atoms. The lowest BCUT2D eigenvalue weighted by molar-refractivity contribution is -0.254. The number of benzene rings is 4. The molecule has 1 aliphatic rings. The number of esters is 1. The third-order valence-corrected chi connectivity index (χ3v) is 10.7. The number of allylic oxidation sites excluding steroid dienone is 2. The van der Waals surface area contributed by atoms with E-state index in [9.17, 15) is 4.79 Å². The maximum Gasteiger partial charge on any atom is 0.380 e. The van der Waals surface area contributed by atoms with E-state index in [2.05, 4.69) is 0 Å². The third-order valence-electron chi connectivity index (χ3n) is 8.46. The van der Waals surface area contributed by atoms with Gasteiger partial charge in [-0.1, -0.05) is 66.7 Å². The fraction of sp³-hybridized carbons (Fsp3) is 0.132. The molecule has 10 heteroatoms. The van der Waals surface area contributed by atoms with E-state index in [1.54, 1.807) is 54.6 Å². The number of halogens is 6. The van der Waals surface area contributed by atoms with E-state index >= 15 is 26.3 Å². The third kappa shape index (κ3) is 4.97. The second-order valence-electron chi connectivity index (χ2n) is 11.4. The Hall–Kier alpha value is -4.67. The molecule has 2 nitrogen and oxygen atoms in total. The second-order valence-corrected chi connectivity index (χ2v) is 14.0. The molecule has 7 rings (SSSR count). The van der Waals surface area contributed by atoms with Crippen molar-refractivity contribution in [2.75, 3.05) is 0 Å². The van der Waals surface area contributed by atoms with Crippen LogP contribution in [0, 0.1) is 13.8 Å². The predicted octanol–water partition coefficient (Wildman–Crippen LogP) is 12.0. The number of aryl methyl sites for hydroxylation is 2. The van der Waals surface area contributed by atoms with Crippen LogP contribution in [0.15, 0.2) is 109 Å². The maximum atomic E-state index is 15.6. The first kappa shape index (κ1) is 31.9. The zero-order valence-corrected chi connectivity index (χ0v) is 26.9. The van der Waals surface area contributed by atoms with Crippen molar-refractivity contribution in [3.8, 4) is 26.6 Å².